The highest BCUT2D eigenvalue weighted by molar-refractivity contribution is 8.00. The van der Waals surface area contributed by atoms with Crippen LogP contribution in [-0.2, 0) is 11.2 Å². The molecule has 3 amide bonds. The second kappa shape index (κ2) is 8.91. The van der Waals surface area contributed by atoms with Gasteiger partial charge in [0.05, 0.1) is 21.8 Å². The van der Waals surface area contributed by atoms with Crippen LogP contribution >= 0.6 is 11.8 Å². The zero-order valence-corrected chi connectivity index (χ0v) is 17.2. The molecular weight excluding hydrogens is 388 g/mol. The lowest BCUT2D eigenvalue weighted by Gasteiger charge is -2.16. The number of carbonyl (C=O) groups excluding carboxylic acids is 2. The number of benzene rings is 2. The van der Waals surface area contributed by atoms with Crippen molar-refractivity contribution in [3.8, 4) is 5.69 Å². The van der Waals surface area contributed by atoms with Crippen molar-refractivity contribution in [3.05, 3.63) is 64.4 Å². The van der Waals surface area contributed by atoms with E-state index in [1.54, 1.807) is 25.1 Å². The summed E-state index contributed by atoms with van der Waals surface area (Å²) in [7, 11) is 1.43. The summed E-state index contributed by atoms with van der Waals surface area (Å²) in [6, 6.07) is 14.2. The molecule has 1 heterocycles. The maximum Gasteiger partial charge on any atom is 0.321 e. The second-order valence-electron chi connectivity index (χ2n) is 6.40. The van der Waals surface area contributed by atoms with E-state index in [4.69, 9.17) is 0 Å². The van der Waals surface area contributed by atoms with Crippen LogP contribution in [0.25, 0.3) is 16.6 Å². The second-order valence-corrected chi connectivity index (χ2v) is 7.71. The van der Waals surface area contributed by atoms with E-state index < -0.39 is 17.2 Å². The van der Waals surface area contributed by atoms with Crippen LogP contribution in [0, 0.1) is 0 Å². The number of aromatic nitrogens is 2. The van der Waals surface area contributed by atoms with Crippen molar-refractivity contribution >= 4 is 34.6 Å². The molecule has 7 nitrogen and oxygen atoms in total. The first-order chi connectivity index (χ1) is 13.9. The Morgan fingerprint density at radius 2 is 1.83 bits per heavy atom. The Kier molecular flexibility index (Phi) is 6.33. The molecule has 0 saturated carbocycles. The minimum Gasteiger partial charge on any atom is -0.341 e. The number of nitrogens with one attached hydrogen (secondary N) is 2. The average molecular weight is 410 g/mol. The summed E-state index contributed by atoms with van der Waals surface area (Å²) >= 11 is 1.12. The summed E-state index contributed by atoms with van der Waals surface area (Å²) in [5.41, 5.74) is 2.18. The van der Waals surface area contributed by atoms with Crippen molar-refractivity contribution in [2.24, 2.45) is 0 Å². The summed E-state index contributed by atoms with van der Waals surface area (Å²) in [5.74, 6) is -0.468. The summed E-state index contributed by atoms with van der Waals surface area (Å²) in [4.78, 5) is 41.6. The van der Waals surface area contributed by atoms with Crippen LogP contribution in [-0.4, -0.2) is 33.8 Å². The first-order valence-electron chi connectivity index (χ1n) is 9.25. The van der Waals surface area contributed by atoms with Gasteiger partial charge in [-0.25, -0.2) is 9.78 Å². The number of hydrogen-bond acceptors (Lipinski definition) is 5. The van der Waals surface area contributed by atoms with Gasteiger partial charge in [-0.3, -0.25) is 19.5 Å². The Labute approximate surface area is 172 Å². The molecule has 8 heteroatoms. The van der Waals surface area contributed by atoms with Crippen LogP contribution in [0.5, 0.6) is 0 Å². The molecule has 3 rings (SSSR count). The molecule has 0 saturated heterocycles. The highest BCUT2D eigenvalue weighted by Crippen LogP contribution is 2.25. The van der Waals surface area contributed by atoms with Gasteiger partial charge < -0.3 is 5.32 Å². The molecule has 0 aliphatic rings. The predicted molar refractivity (Wildman–Crippen MR) is 115 cm³/mol. The molecule has 0 spiro atoms. The minimum absolute atomic E-state index is 0.207. The number of rotatable bonds is 5. The fraction of sp³-hybridized carbons (Fsp3) is 0.238. The largest absolute Gasteiger partial charge is 0.341 e. The van der Waals surface area contributed by atoms with Gasteiger partial charge in [-0.2, -0.15) is 0 Å². The van der Waals surface area contributed by atoms with Crippen molar-refractivity contribution in [2.75, 3.05) is 7.05 Å². The van der Waals surface area contributed by atoms with E-state index in [-0.39, 0.29) is 5.56 Å². The van der Waals surface area contributed by atoms with E-state index in [1.807, 2.05) is 30.3 Å². The predicted octanol–water partition coefficient (Wildman–Crippen LogP) is 2.88. The van der Waals surface area contributed by atoms with E-state index in [9.17, 15) is 14.4 Å². The van der Waals surface area contributed by atoms with Gasteiger partial charge in [-0.15, -0.1) is 0 Å². The third kappa shape index (κ3) is 4.48. The molecule has 150 valence electrons. The maximum absolute atomic E-state index is 13.2. The average Bonchev–Trinajstić information content (AvgIpc) is 2.74. The fourth-order valence-electron chi connectivity index (χ4n) is 2.79. The Morgan fingerprint density at radius 3 is 2.48 bits per heavy atom. The van der Waals surface area contributed by atoms with Gasteiger partial charge in [0.2, 0.25) is 5.91 Å². The number of hydrogen-bond donors (Lipinski definition) is 2. The topological polar surface area (TPSA) is 93.1 Å². The molecule has 1 aromatic heterocycles. The quantitative estimate of drug-likeness (QED) is 0.498. The number of aryl methyl sites for hydroxylation is 1. The van der Waals surface area contributed by atoms with Gasteiger partial charge in [0, 0.05) is 7.05 Å². The van der Waals surface area contributed by atoms with Gasteiger partial charge in [-0.1, -0.05) is 43.0 Å². The molecule has 2 aromatic carbocycles. The Bertz CT molecular complexity index is 1110. The smallest absolute Gasteiger partial charge is 0.321 e. The number of carbonyl (C=O) groups is 2. The molecule has 29 heavy (non-hydrogen) atoms. The summed E-state index contributed by atoms with van der Waals surface area (Å²) < 4.78 is 1.51. The molecule has 2 N–H and O–H groups in total. The van der Waals surface area contributed by atoms with Crippen LogP contribution in [0.2, 0.25) is 0 Å². The highest BCUT2D eigenvalue weighted by Gasteiger charge is 2.21. The number of amides is 3. The number of thioether (sulfide) groups is 1. The van der Waals surface area contributed by atoms with Crippen LogP contribution in [0.4, 0.5) is 4.79 Å². The van der Waals surface area contributed by atoms with Gasteiger partial charge in [0.1, 0.15) is 0 Å². The van der Waals surface area contributed by atoms with Gasteiger partial charge in [0.15, 0.2) is 5.16 Å². The van der Waals surface area contributed by atoms with E-state index in [2.05, 4.69) is 22.5 Å². The number of urea groups is 1. The number of fused-ring (bicyclic) bond motifs is 1. The SMILES string of the molecule is CCc1ccc(-n2c(S[C@H](C)C(=O)NC(=O)NC)nc3ccccc3c2=O)cc1. The zero-order chi connectivity index (χ0) is 21.0. The van der Waals surface area contributed by atoms with E-state index in [0.717, 1.165) is 23.7 Å². The van der Waals surface area contributed by atoms with Crippen LogP contribution in [0.1, 0.15) is 19.4 Å². The molecule has 3 aromatic rings. The van der Waals surface area contributed by atoms with E-state index in [0.29, 0.717) is 21.7 Å². The van der Waals surface area contributed by atoms with E-state index >= 15 is 0 Å². The summed E-state index contributed by atoms with van der Waals surface area (Å²) in [6.45, 7) is 3.72. The lowest BCUT2D eigenvalue weighted by atomic mass is 10.1. The third-order valence-electron chi connectivity index (χ3n) is 4.46. The molecule has 0 aliphatic heterocycles. The lowest BCUT2D eigenvalue weighted by Crippen LogP contribution is -2.41. The molecular formula is C21H22N4O3S. The monoisotopic (exact) mass is 410 g/mol. The summed E-state index contributed by atoms with van der Waals surface area (Å²) in [5, 5.41) is 4.84. The Balaban J connectivity index is 2.08. The normalized spacial score (nSPS) is 11.8. The fourth-order valence-corrected chi connectivity index (χ4v) is 3.71. The van der Waals surface area contributed by atoms with Crippen molar-refractivity contribution in [2.45, 2.75) is 30.7 Å². The molecule has 1 atom stereocenters. The van der Waals surface area contributed by atoms with Gasteiger partial charge in [0.25, 0.3) is 5.56 Å². The van der Waals surface area contributed by atoms with Crippen LogP contribution < -0.4 is 16.2 Å². The first kappa shape index (κ1) is 20.6. The van der Waals surface area contributed by atoms with Crippen molar-refractivity contribution in [1.29, 1.82) is 0 Å². The lowest BCUT2D eigenvalue weighted by molar-refractivity contribution is -0.119. The molecule has 0 bridgehead atoms. The Morgan fingerprint density at radius 1 is 1.14 bits per heavy atom. The van der Waals surface area contributed by atoms with Crippen molar-refractivity contribution in [3.63, 3.8) is 0 Å². The standard InChI is InChI=1S/C21H22N4O3S/c1-4-14-9-11-15(12-10-14)25-19(27)16-7-5-6-8-17(16)23-21(25)29-13(2)18(26)24-20(28)22-3/h5-13H,4H2,1-3H3,(H2,22,24,26,28)/t13-/m1/s1. The molecule has 0 fully saturated rings. The molecule has 0 aliphatic carbocycles. The Hall–Kier alpha value is -3.13. The maximum atomic E-state index is 13.2. The first-order valence-corrected chi connectivity index (χ1v) is 10.1. The van der Waals surface area contributed by atoms with Gasteiger partial charge >= 0.3 is 6.03 Å². The van der Waals surface area contributed by atoms with Crippen LogP contribution in [0.15, 0.2) is 58.5 Å². The number of para-hydroxylation sites is 1. The van der Waals surface area contributed by atoms with Gasteiger partial charge in [-0.05, 0) is 43.2 Å². The number of nitrogens with zero attached hydrogens (tertiary/aromatic N) is 2. The van der Waals surface area contributed by atoms with Crippen LogP contribution in [0.3, 0.4) is 0 Å². The minimum atomic E-state index is -0.637. The molecule has 0 unspecified atom stereocenters. The van der Waals surface area contributed by atoms with E-state index in [1.165, 1.54) is 11.6 Å². The molecule has 0 radical (unpaired) electrons. The van der Waals surface area contributed by atoms with Crippen molar-refractivity contribution in [1.82, 2.24) is 20.2 Å². The highest BCUT2D eigenvalue weighted by atomic mass is 32.2. The zero-order valence-electron chi connectivity index (χ0n) is 16.4. The summed E-state index contributed by atoms with van der Waals surface area (Å²) in [6.07, 6.45) is 0.892. The number of imide groups is 1. The van der Waals surface area contributed by atoms with Crippen molar-refractivity contribution < 1.29 is 9.59 Å². The third-order valence-corrected chi connectivity index (χ3v) is 5.52.